The summed E-state index contributed by atoms with van der Waals surface area (Å²) in [4.78, 5) is 24.6. The fraction of sp³-hybridized carbons (Fsp3) is 0.435. The molecule has 1 atom stereocenters. The van der Waals surface area contributed by atoms with E-state index in [0.717, 1.165) is 41.8 Å². The average molecular weight is 374 g/mol. The molecule has 1 saturated carbocycles. The average Bonchev–Trinajstić information content (AvgIpc) is 3.45. The fourth-order valence-corrected chi connectivity index (χ4v) is 4.88. The lowest BCUT2D eigenvalue weighted by atomic mass is 10.1. The minimum atomic E-state index is 0.131. The van der Waals surface area contributed by atoms with Gasteiger partial charge in [0.15, 0.2) is 5.65 Å². The first-order valence-electron chi connectivity index (χ1n) is 10.4. The number of amides is 1. The number of rotatable bonds is 3. The molecule has 3 heterocycles. The Balaban J connectivity index is 1.46. The van der Waals surface area contributed by atoms with Crippen molar-refractivity contribution in [3.8, 4) is 0 Å². The van der Waals surface area contributed by atoms with E-state index < -0.39 is 0 Å². The van der Waals surface area contributed by atoms with Crippen LogP contribution in [0.4, 0.5) is 0 Å². The number of carbonyl (C=O) groups excluding carboxylic acids is 1. The smallest absolute Gasteiger partial charge is 0.253 e. The molecule has 1 saturated heterocycles. The van der Waals surface area contributed by atoms with E-state index in [1.165, 1.54) is 31.5 Å². The zero-order valence-electron chi connectivity index (χ0n) is 16.3. The summed E-state index contributed by atoms with van der Waals surface area (Å²) in [5, 5.41) is 0. The molecule has 0 bridgehead atoms. The number of benzene rings is 1. The molecule has 28 heavy (non-hydrogen) atoms. The second-order valence-corrected chi connectivity index (χ2v) is 8.23. The van der Waals surface area contributed by atoms with Crippen molar-refractivity contribution in [2.24, 2.45) is 0 Å². The predicted molar refractivity (Wildman–Crippen MR) is 109 cm³/mol. The Hall–Kier alpha value is -2.69. The third-order valence-corrected chi connectivity index (χ3v) is 6.28. The molecular formula is C23H26N4O. The maximum atomic E-state index is 13.0. The number of aromatic nitrogens is 3. The molecular weight excluding hydrogens is 348 g/mol. The number of hydrogen-bond acceptors (Lipinski definition) is 3. The van der Waals surface area contributed by atoms with Gasteiger partial charge in [-0.05, 0) is 50.5 Å². The Morgan fingerprint density at radius 3 is 2.79 bits per heavy atom. The van der Waals surface area contributed by atoms with Gasteiger partial charge in [0.1, 0.15) is 11.3 Å². The van der Waals surface area contributed by atoms with Crippen molar-refractivity contribution in [2.75, 3.05) is 13.1 Å². The fourth-order valence-electron chi connectivity index (χ4n) is 4.88. The number of carbonyl (C=O) groups is 1. The third kappa shape index (κ3) is 2.99. The van der Waals surface area contributed by atoms with Gasteiger partial charge in [-0.2, -0.15) is 0 Å². The number of fused-ring (bicyclic) bond motifs is 1. The maximum absolute atomic E-state index is 13.0. The minimum absolute atomic E-state index is 0.131. The minimum Gasteiger partial charge on any atom is -0.336 e. The summed E-state index contributed by atoms with van der Waals surface area (Å²) in [5.74, 6) is 1.84. The lowest BCUT2D eigenvalue weighted by Crippen LogP contribution is -2.29. The van der Waals surface area contributed by atoms with Gasteiger partial charge in [0, 0.05) is 30.8 Å². The molecule has 1 aromatic carbocycles. The Morgan fingerprint density at radius 2 is 1.96 bits per heavy atom. The van der Waals surface area contributed by atoms with Crippen LogP contribution in [0.25, 0.3) is 11.2 Å². The molecule has 2 fully saturated rings. The van der Waals surface area contributed by atoms with E-state index in [9.17, 15) is 4.79 Å². The van der Waals surface area contributed by atoms with E-state index in [1.54, 1.807) is 0 Å². The van der Waals surface area contributed by atoms with E-state index in [1.807, 2.05) is 48.4 Å². The second kappa shape index (κ2) is 7.04. The van der Waals surface area contributed by atoms with Crippen molar-refractivity contribution in [3.05, 3.63) is 59.5 Å². The van der Waals surface area contributed by atoms with Crippen molar-refractivity contribution in [3.63, 3.8) is 0 Å². The highest BCUT2D eigenvalue weighted by molar-refractivity contribution is 5.94. The standard InChI is InChI=1S/C23H26N4O/c1-16-6-4-9-18(14-16)23(28)26-13-11-19(15-26)27-21(17-7-2-3-8-17)25-20-10-5-12-24-22(20)27/h4-6,9-10,12,14,17,19H,2-3,7-8,11,13,15H2,1H3/t19-/m0/s1. The summed E-state index contributed by atoms with van der Waals surface area (Å²) < 4.78 is 2.36. The molecule has 0 N–H and O–H groups in total. The van der Waals surface area contributed by atoms with Gasteiger partial charge >= 0.3 is 0 Å². The Kier molecular flexibility index (Phi) is 4.38. The van der Waals surface area contributed by atoms with Crippen LogP contribution in [0.3, 0.4) is 0 Å². The highest BCUT2D eigenvalue weighted by Gasteiger charge is 2.33. The highest BCUT2D eigenvalue weighted by Crippen LogP contribution is 2.38. The molecule has 5 rings (SSSR count). The lowest BCUT2D eigenvalue weighted by Gasteiger charge is -2.20. The van der Waals surface area contributed by atoms with Crippen LogP contribution in [-0.4, -0.2) is 38.4 Å². The quantitative estimate of drug-likeness (QED) is 0.679. The summed E-state index contributed by atoms with van der Waals surface area (Å²) >= 11 is 0. The van der Waals surface area contributed by atoms with Crippen LogP contribution in [0.1, 0.15) is 65.8 Å². The van der Waals surface area contributed by atoms with Gasteiger partial charge in [-0.1, -0.05) is 30.5 Å². The largest absolute Gasteiger partial charge is 0.336 e. The van der Waals surface area contributed by atoms with Gasteiger partial charge in [-0.15, -0.1) is 0 Å². The normalized spacial score (nSPS) is 20.3. The molecule has 5 heteroatoms. The van der Waals surface area contributed by atoms with E-state index in [0.29, 0.717) is 5.92 Å². The van der Waals surface area contributed by atoms with Crippen LogP contribution in [0.2, 0.25) is 0 Å². The van der Waals surface area contributed by atoms with Crippen LogP contribution in [-0.2, 0) is 0 Å². The monoisotopic (exact) mass is 374 g/mol. The van der Waals surface area contributed by atoms with Crippen LogP contribution < -0.4 is 0 Å². The van der Waals surface area contributed by atoms with Gasteiger partial charge in [-0.25, -0.2) is 9.97 Å². The van der Waals surface area contributed by atoms with Crippen molar-refractivity contribution in [1.29, 1.82) is 0 Å². The van der Waals surface area contributed by atoms with Crippen LogP contribution in [0, 0.1) is 6.92 Å². The van der Waals surface area contributed by atoms with E-state index >= 15 is 0 Å². The molecule has 5 nitrogen and oxygen atoms in total. The second-order valence-electron chi connectivity index (χ2n) is 8.23. The lowest BCUT2D eigenvalue weighted by molar-refractivity contribution is 0.0787. The molecule has 144 valence electrons. The zero-order valence-corrected chi connectivity index (χ0v) is 16.3. The first-order chi connectivity index (χ1) is 13.7. The van der Waals surface area contributed by atoms with Gasteiger partial charge in [0.05, 0.1) is 6.04 Å². The topological polar surface area (TPSA) is 51.0 Å². The van der Waals surface area contributed by atoms with Crippen LogP contribution in [0.5, 0.6) is 0 Å². The number of likely N-dealkylation sites (tertiary alicyclic amines) is 1. The zero-order chi connectivity index (χ0) is 19.1. The molecule has 0 spiro atoms. The molecule has 1 amide bonds. The molecule has 0 unspecified atom stereocenters. The summed E-state index contributed by atoms with van der Waals surface area (Å²) in [5.41, 5.74) is 3.85. The van der Waals surface area contributed by atoms with Crippen molar-refractivity contribution in [2.45, 2.75) is 51.0 Å². The molecule has 2 aromatic heterocycles. The summed E-state index contributed by atoms with van der Waals surface area (Å²) in [6.45, 7) is 3.54. The Labute approximate surface area is 165 Å². The summed E-state index contributed by atoms with van der Waals surface area (Å²) in [6.07, 6.45) is 7.79. The van der Waals surface area contributed by atoms with Crippen LogP contribution in [0.15, 0.2) is 42.6 Å². The van der Waals surface area contributed by atoms with Gasteiger partial charge in [-0.3, -0.25) is 4.79 Å². The van der Waals surface area contributed by atoms with E-state index in [-0.39, 0.29) is 11.9 Å². The number of nitrogens with zero attached hydrogens (tertiary/aromatic N) is 4. The van der Waals surface area contributed by atoms with Crippen molar-refractivity contribution >= 4 is 17.1 Å². The number of hydrogen-bond donors (Lipinski definition) is 0. The number of aryl methyl sites for hydroxylation is 1. The maximum Gasteiger partial charge on any atom is 0.253 e. The Bertz CT molecular complexity index is 1020. The number of imidazole rings is 1. The summed E-state index contributed by atoms with van der Waals surface area (Å²) in [6, 6.07) is 12.2. The Morgan fingerprint density at radius 1 is 1.11 bits per heavy atom. The van der Waals surface area contributed by atoms with E-state index in [4.69, 9.17) is 4.98 Å². The van der Waals surface area contributed by atoms with Crippen LogP contribution >= 0.6 is 0 Å². The molecule has 1 aliphatic heterocycles. The molecule has 0 radical (unpaired) electrons. The SMILES string of the molecule is Cc1cccc(C(=O)N2CC[C@H](n3c(C4CCCC4)nc4cccnc43)C2)c1. The molecule has 3 aromatic rings. The first kappa shape index (κ1) is 17.4. The molecule has 1 aliphatic carbocycles. The van der Waals surface area contributed by atoms with Crippen molar-refractivity contribution < 1.29 is 4.79 Å². The van der Waals surface area contributed by atoms with Gasteiger partial charge in [0.25, 0.3) is 5.91 Å². The third-order valence-electron chi connectivity index (χ3n) is 6.28. The summed E-state index contributed by atoms with van der Waals surface area (Å²) in [7, 11) is 0. The highest BCUT2D eigenvalue weighted by atomic mass is 16.2. The van der Waals surface area contributed by atoms with Gasteiger partial charge in [0.2, 0.25) is 0 Å². The van der Waals surface area contributed by atoms with E-state index in [2.05, 4.69) is 15.6 Å². The van der Waals surface area contributed by atoms with Gasteiger partial charge < -0.3 is 9.47 Å². The molecule has 2 aliphatic rings. The first-order valence-corrected chi connectivity index (χ1v) is 10.4. The number of pyridine rings is 1. The van der Waals surface area contributed by atoms with Crippen molar-refractivity contribution in [1.82, 2.24) is 19.4 Å². The predicted octanol–water partition coefficient (Wildman–Crippen LogP) is 4.48.